The number of aromatic nitrogens is 2. The standard InChI is InChI=1S/C14H18ClN3O/c1-10-9-19-11(2)8-18(10)14-12(7-15)17-6-4-3-5-13(17)16-14/h3-6,10-11H,7-9H2,1-2H3. The molecule has 0 radical (unpaired) electrons. The van der Waals surface area contributed by atoms with E-state index in [-0.39, 0.29) is 6.10 Å². The molecule has 2 aromatic heterocycles. The van der Waals surface area contributed by atoms with E-state index in [0.717, 1.165) is 30.3 Å². The number of alkyl halides is 1. The van der Waals surface area contributed by atoms with Gasteiger partial charge < -0.3 is 14.0 Å². The average molecular weight is 280 g/mol. The van der Waals surface area contributed by atoms with Crippen molar-refractivity contribution in [2.24, 2.45) is 0 Å². The highest BCUT2D eigenvalue weighted by Gasteiger charge is 2.27. The van der Waals surface area contributed by atoms with Crippen molar-refractivity contribution in [3.05, 3.63) is 30.1 Å². The molecule has 2 aromatic rings. The van der Waals surface area contributed by atoms with Crippen molar-refractivity contribution >= 4 is 23.1 Å². The number of imidazole rings is 1. The summed E-state index contributed by atoms with van der Waals surface area (Å²) in [6, 6.07) is 6.33. The molecule has 0 aliphatic carbocycles. The molecule has 1 aliphatic heterocycles. The highest BCUT2D eigenvalue weighted by Crippen LogP contribution is 2.27. The van der Waals surface area contributed by atoms with Crippen LogP contribution in [0.3, 0.4) is 0 Å². The second kappa shape index (κ2) is 5.02. The molecule has 1 fully saturated rings. The van der Waals surface area contributed by atoms with Gasteiger partial charge in [-0.1, -0.05) is 6.07 Å². The van der Waals surface area contributed by atoms with Gasteiger partial charge in [0.2, 0.25) is 0 Å². The molecule has 3 heterocycles. The Morgan fingerprint density at radius 2 is 2.26 bits per heavy atom. The van der Waals surface area contributed by atoms with Gasteiger partial charge in [-0.15, -0.1) is 11.6 Å². The van der Waals surface area contributed by atoms with Crippen LogP contribution in [-0.4, -0.2) is 34.7 Å². The Balaban J connectivity index is 2.08. The van der Waals surface area contributed by atoms with Crippen molar-refractivity contribution < 1.29 is 4.74 Å². The predicted molar refractivity (Wildman–Crippen MR) is 77.0 cm³/mol. The molecule has 0 saturated carbocycles. The van der Waals surface area contributed by atoms with Gasteiger partial charge in [0, 0.05) is 12.7 Å². The molecule has 0 bridgehead atoms. The van der Waals surface area contributed by atoms with E-state index < -0.39 is 0 Å². The first-order valence-corrected chi connectivity index (χ1v) is 7.14. The largest absolute Gasteiger partial charge is 0.375 e. The van der Waals surface area contributed by atoms with Crippen molar-refractivity contribution in [2.45, 2.75) is 31.9 Å². The third-order valence-electron chi connectivity index (χ3n) is 3.61. The van der Waals surface area contributed by atoms with Crippen molar-refractivity contribution in [3.8, 4) is 0 Å². The predicted octanol–water partition coefficient (Wildman–Crippen LogP) is 2.69. The van der Waals surface area contributed by atoms with E-state index in [9.17, 15) is 0 Å². The van der Waals surface area contributed by atoms with Gasteiger partial charge in [0.1, 0.15) is 5.65 Å². The van der Waals surface area contributed by atoms with Gasteiger partial charge in [-0.25, -0.2) is 4.98 Å². The van der Waals surface area contributed by atoms with E-state index in [0.29, 0.717) is 11.9 Å². The third kappa shape index (κ3) is 2.19. The maximum absolute atomic E-state index is 6.14. The molecular weight excluding hydrogens is 262 g/mol. The zero-order valence-corrected chi connectivity index (χ0v) is 12.0. The van der Waals surface area contributed by atoms with Gasteiger partial charge in [0.05, 0.1) is 30.3 Å². The molecule has 2 unspecified atom stereocenters. The summed E-state index contributed by atoms with van der Waals surface area (Å²) >= 11 is 6.14. The zero-order valence-electron chi connectivity index (χ0n) is 11.2. The van der Waals surface area contributed by atoms with Gasteiger partial charge in [0.15, 0.2) is 5.82 Å². The summed E-state index contributed by atoms with van der Waals surface area (Å²) in [6.45, 7) is 5.84. The second-order valence-electron chi connectivity index (χ2n) is 5.09. The molecule has 3 rings (SSSR count). The number of hydrogen-bond donors (Lipinski definition) is 0. The number of nitrogens with zero attached hydrogens (tertiary/aromatic N) is 3. The molecule has 0 N–H and O–H groups in total. The number of anilines is 1. The zero-order chi connectivity index (χ0) is 13.4. The van der Waals surface area contributed by atoms with Gasteiger partial charge in [-0.2, -0.15) is 0 Å². The number of morpholine rings is 1. The molecular formula is C14H18ClN3O. The average Bonchev–Trinajstić information content (AvgIpc) is 2.79. The first-order valence-electron chi connectivity index (χ1n) is 6.61. The Hall–Kier alpha value is -1.26. The summed E-state index contributed by atoms with van der Waals surface area (Å²) in [7, 11) is 0. The molecule has 0 spiro atoms. The van der Waals surface area contributed by atoms with Crippen LogP contribution in [0.15, 0.2) is 24.4 Å². The number of fused-ring (bicyclic) bond motifs is 1. The molecule has 1 saturated heterocycles. The lowest BCUT2D eigenvalue weighted by Gasteiger charge is -2.37. The monoisotopic (exact) mass is 279 g/mol. The Morgan fingerprint density at radius 3 is 3.05 bits per heavy atom. The molecule has 2 atom stereocenters. The van der Waals surface area contributed by atoms with Crippen molar-refractivity contribution in [1.29, 1.82) is 0 Å². The number of ether oxygens (including phenoxy) is 1. The van der Waals surface area contributed by atoms with Crippen molar-refractivity contribution in [3.63, 3.8) is 0 Å². The first-order chi connectivity index (χ1) is 9.20. The van der Waals surface area contributed by atoms with E-state index >= 15 is 0 Å². The highest BCUT2D eigenvalue weighted by atomic mass is 35.5. The fourth-order valence-corrected chi connectivity index (χ4v) is 2.83. The summed E-state index contributed by atoms with van der Waals surface area (Å²) in [4.78, 5) is 7.05. The number of halogens is 1. The maximum Gasteiger partial charge on any atom is 0.152 e. The smallest absolute Gasteiger partial charge is 0.152 e. The van der Waals surface area contributed by atoms with Gasteiger partial charge >= 0.3 is 0 Å². The Morgan fingerprint density at radius 1 is 1.42 bits per heavy atom. The molecule has 102 valence electrons. The minimum absolute atomic E-state index is 0.226. The molecule has 1 aliphatic rings. The lowest BCUT2D eigenvalue weighted by molar-refractivity contribution is 0.0340. The second-order valence-corrected chi connectivity index (χ2v) is 5.36. The van der Waals surface area contributed by atoms with Crippen LogP contribution in [0.2, 0.25) is 0 Å². The number of hydrogen-bond acceptors (Lipinski definition) is 3. The van der Waals surface area contributed by atoms with Crippen LogP contribution in [0, 0.1) is 0 Å². The summed E-state index contributed by atoms with van der Waals surface area (Å²) in [5.41, 5.74) is 2.00. The summed E-state index contributed by atoms with van der Waals surface area (Å²) in [6.07, 6.45) is 2.24. The number of rotatable bonds is 2. The van der Waals surface area contributed by atoms with Crippen molar-refractivity contribution in [2.75, 3.05) is 18.1 Å². The fourth-order valence-electron chi connectivity index (χ4n) is 2.59. The van der Waals surface area contributed by atoms with E-state index in [2.05, 4.69) is 23.1 Å². The third-order valence-corrected chi connectivity index (χ3v) is 3.87. The van der Waals surface area contributed by atoms with Crippen LogP contribution in [0.5, 0.6) is 0 Å². The number of pyridine rings is 1. The van der Waals surface area contributed by atoms with E-state index in [4.69, 9.17) is 21.3 Å². The maximum atomic E-state index is 6.14. The van der Waals surface area contributed by atoms with Crippen LogP contribution in [0.25, 0.3) is 5.65 Å². The highest BCUT2D eigenvalue weighted by molar-refractivity contribution is 6.17. The van der Waals surface area contributed by atoms with E-state index in [1.54, 1.807) is 0 Å². The van der Waals surface area contributed by atoms with Crippen LogP contribution < -0.4 is 4.90 Å². The van der Waals surface area contributed by atoms with Gasteiger partial charge in [-0.05, 0) is 26.0 Å². The lowest BCUT2D eigenvalue weighted by atomic mass is 10.2. The molecule has 5 heteroatoms. The molecule has 0 aromatic carbocycles. The topological polar surface area (TPSA) is 29.8 Å². The Bertz CT molecular complexity index is 583. The summed E-state index contributed by atoms with van der Waals surface area (Å²) in [5.74, 6) is 1.45. The van der Waals surface area contributed by atoms with E-state index in [1.807, 2.05) is 24.4 Å². The van der Waals surface area contributed by atoms with Crippen LogP contribution in [-0.2, 0) is 10.6 Å². The minimum Gasteiger partial charge on any atom is -0.375 e. The fraction of sp³-hybridized carbons (Fsp3) is 0.500. The molecule has 0 amide bonds. The first kappa shape index (κ1) is 12.8. The quantitative estimate of drug-likeness (QED) is 0.792. The van der Waals surface area contributed by atoms with Crippen molar-refractivity contribution in [1.82, 2.24) is 9.38 Å². The Labute approximate surface area is 117 Å². The summed E-state index contributed by atoms with van der Waals surface area (Å²) < 4.78 is 7.74. The SMILES string of the molecule is CC1CN(c2nc3ccccn3c2CCl)C(C)CO1. The van der Waals surface area contributed by atoms with Gasteiger partial charge in [0.25, 0.3) is 0 Å². The van der Waals surface area contributed by atoms with Crippen LogP contribution >= 0.6 is 11.6 Å². The normalized spacial score (nSPS) is 24.1. The lowest BCUT2D eigenvalue weighted by Crippen LogP contribution is -2.48. The van der Waals surface area contributed by atoms with E-state index in [1.165, 1.54) is 0 Å². The minimum atomic E-state index is 0.226. The van der Waals surface area contributed by atoms with Crippen LogP contribution in [0.1, 0.15) is 19.5 Å². The molecule has 4 nitrogen and oxygen atoms in total. The summed E-state index contributed by atoms with van der Waals surface area (Å²) in [5, 5.41) is 0. The Kier molecular flexibility index (Phi) is 3.37. The van der Waals surface area contributed by atoms with Gasteiger partial charge in [-0.3, -0.25) is 0 Å². The molecule has 19 heavy (non-hydrogen) atoms. The van der Waals surface area contributed by atoms with Crippen LogP contribution in [0.4, 0.5) is 5.82 Å².